The molecule has 170 valence electrons. The van der Waals surface area contributed by atoms with Crippen LogP contribution in [0.15, 0.2) is 40.9 Å². The maximum absolute atomic E-state index is 12.0. The minimum atomic E-state index is -0.626. The van der Waals surface area contributed by atoms with Gasteiger partial charge in [0.15, 0.2) is 6.61 Å². The number of hydrazine groups is 1. The minimum absolute atomic E-state index is 0.0271. The third-order valence-corrected chi connectivity index (χ3v) is 5.65. The Hall–Kier alpha value is -2.62. The Morgan fingerprint density at radius 3 is 2.41 bits per heavy atom. The number of rotatable bonds is 8. The number of amides is 3. The normalized spacial score (nSPS) is 10.2. The molecule has 0 heterocycles. The second kappa shape index (κ2) is 12.4. The Labute approximate surface area is 203 Å². The number of ether oxygens (including phenoxy) is 1. The smallest absolute Gasteiger partial charge is 0.306 e. The van der Waals surface area contributed by atoms with Gasteiger partial charge in [-0.3, -0.25) is 30.0 Å². The van der Waals surface area contributed by atoms with Crippen molar-refractivity contribution in [3.05, 3.63) is 62.0 Å². The van der Waals surface area contributed by atoms with Crippen LogP contribution in [0.4, 0.5) is 5.69 Å². The summed E-state index contributed by atoms with van der Waals surface area (Å²) in [5.74, 6) is -2.19. The molecule has 0 aromatic heterocycles. The van der Waals surface area contributed by atoms with E-state index in [0.29, 0.717) is 15.2 Å². The highest BCUT2D eigenvalue weighted by Gasteiger charge is 2.13. The number of halogens is 3. The van der Waals surface area contributed by atoms with Gasteiger partial charge < -0.3 is 10.1 Å². The van der Waals surface area contributed by atoms with E-state index in [0.717, 1.165) is 5.56 Å². The van der Waals surface area contributed by atoms with Crippen molar-refractivity contribution in [2.75, 3.05) is 11.9 Å². The van der Waals surface area contributed by atoms with Gasteiger partial charge in [0.05, 0.1) is 15.6 Å². The van der Waals surface area contributed by atoms with Gasteiger partial charge in [-0.15, -0.1) is 0 Å². The first-order valence-corrected chi connectivity index (χ1v) is 11.0. The first-order chi connectivity index (χ1) is 15.2. The number of hydrogen-bond acceptors (Lipinski definition) is 5. The van der Waals surface area contributed by atoms with Crippen LogP contribution in [0, 0.1) is 6.92 Å². The molecule has 11 heteroatoms. The molecule has 32 heavy (non-hydrogen) atoms. The third kappa shape index (κ3) is 8.14. The molecule has 0 aliphatic rings. The van der Waals surface area contributed by atoms with E-state index in [9.17, 15) is 19.2 Å². The minimum Gasteiger partial charge on any atom is -0.456 e. The molecule has 0 fully saturated rings. The van der Waals surface area contributed by atoms with Crippen molar-refractivity contribution in [3.8, 4) is 0 Å². The van der Waals surface area contributed by atoms with E-state index in [2.05, 4.69) is 32.1 Å². The molecule has 0 spiro atoms. The fourth-order valence-corrected chi connectivity index (χ4v) is 3.32. The van der Waals surface area contributed by atoms with Gasteiger partial charge in [-0.05, 0) is 59.1 Å². The van der Waals surface area contributed by atoms with Gasteiger partial charge in [-0.1, -0.05) is 35.3 Å². The summed E-state index contributed by atoms with van der Waals surface area (Å²) in [7, 11) is 0. The van der Waals surface area contributed by atoms with E-state index < -0.39 is 30.3 Å². The molecule has 0 aliphatic carbocycles. The SMILES string of the molecule is Cc1cc(Br)c(Cl)cc1NC(=O)COC(=O)CCCC(=O)NNC(=O)c1ccccc1Cl. The number of hydrogen-bond donors (Lipinski definition) is 3. The molecule has 0 saturated heterocycles. The second-order valence-electron chi connectivity index (χ2n) is 6.63. The molecular weight excluding hydrogens is 525 g/mol. The lowest BCUT2D eigenvalue weighted by Crippen LogP contribution is -2.41. The van der Waals surface area contributed by atoms with Crippen molar-refractivity contribution in [2.45, 2.75) is 26.2 Å². The van der Waals surface area contributed by atoms with Crippen LogP contribution in [0.1, 0.15) is 35.2 Å². The van der Waals surface area contributed by atoms with Crippen molar-refractivity contribution in [3.63, 3.8) is 0 Å². The van der Waals surface area contributed by atoms with E-state index in [1.807, 2.05) is 0 Å². The van der Waals surface area contributed by atoms with Gasteiger partial charge in [0, 0.05) is 23.0 Å². The molecule has 0 atom stereocenters. The largest absolute Gasteiger partial charge is 0.456 e. The van der Waals surface area contributed by atoms with Crippen LogP contribution >= 0.6 is 39.1 Å². The molecule has 0 unspecified atom stereocenters. The van der Waals surface area contributed by atoms with Crippen molar-refractivity contribution in [2.24, 2.45) is 0 Å². The van der Waals surface area contributed by atoms with E-state index in [-0.39, 0.29) is 29.8 Å². The fraction of sp³-hybridized carbons (Fsp3) is 0.238. The van der Waals surface area contributed by atoms with Crippen molar-refractivity contribution in [1.82, 2.24) is 10.9 Å². The molecule has 3 amide bonds. The summed E-state index contributed by atoms with van der Waals surface area (Å²) in [6, 6.07) is 9.74. The highest BCUT2D eigenvalue weighted by molar-refractivity contribution is 9.10. The third-order valence-electron chi connectivity index (χ3n) is 4.12. The molecule has 2 rings (SSSR count). The lowest BCUT2D eigenvalue weighted by molar-refractivity contribution is -0.147. The molecule has 0 radical (unpaired) electrons. The first-order valence-electron chi connectivity index (χ1n) is 9.42. The Morgan fingerprint density at radius 2 is 1.69 bits per heavy atom. The molecule has 3 N–H and O–H groups in total. The molecule has 2 aromatic carbocycles. The average molecular weight is 545 g/mol. The second-order valence-corrected chi connectivity index (χ2v) is 8.29. The molecule has 2 aromatic rings. The number of carbonyl (C=O) groups excluding carboxylic acids is 4. The molecular formula is C21H20BrCl2N3O5. The maximum atomic E-state index is 12.0. The molecule has 8 nitrogen and oxygen atoms in total. The topological polar surface area (TPSA) is 114 Å². The van der Waals surface area contributed by atoms with Crippen LogP contribution in [0.25, 0.3) is 0 Å². The average Bonchev–Trinajstić information content (AvgIpc) is 2.74. The number of benzene rings is 2. The number of anilines is 1. The van der Waals surface area contributed by atoms with Crippen LogP contribution in [0.3, 0.4) is 0 Å². The van der Waals surface area contributed by atoms with E-state index in [1.54, 1.807) is 37.3 Å². The lowest BCUT2D eigenvalue weighted by Gasteiger charge is -2.10. The maximum Gasteiger partial charge on any atom is 0.306 e. The van der Waals surface area contributed by atoms with Crippen LogP contribution in [-0.4, -0.2) is 30.3 Å². The Bertz CT molecular complexity index is 1030. The Kier molecular flexibility index (Phi) is 9.96. The summed E-state index contributed by atoms with van der Waals surface area (Å²) in [5.41, 5.74) is 6.01. The summed E-state index contributed by atoms with van der Waals surface area (Å²) < 4.78 is 5.61. The van der Waals surface area contributed by atoms with E-state index in [4.69, 9.17) is 27.9 Å². The Morgan fingerprint density at radius 1 is 0.969 bits per heavy atom. The van der Waals surface area contributed by atoms with Crippen LogP contribution < -0.4 is 16.2 Å². The predicted octanol–water partition coefficient (Wildman–Crippen LogP) is 4.18. The van der Waals surface area contributed by atoms with Gasteiger partial charge >= 0.3 is 5.97 Å². The summed E-state index contributed by atoms with van der Waals surface area (Å²) >= 11 is 15.2. The van der Waals surface area contributed by atoms with Gasteiger partial charge in [0.1, 0.15) is 0 Å². The van der Waals surface area contributed by atoms with Crippen molar-refractivity contribution >= 4 is 68.5 Å². The highest BCUT2D eigenvalue weighted by atomic mass is 79.9. The number of carbonyl (C=O) groups is 4. The van der Waals surface area contributed by atoms with Gasteiger partial charge in [0.2, 0.25) is 5.91 Å². The van der Waals surface area contributed by atoms with Gasteiger partial charge in [0.25, 0.3) is 11.8 Å². The summed E-state index contributed by atoms with van der Waals surface area (Å²) in [6.45, 7) is 1.33. The van der Waals surface area contributed by atoms with Gasteiger partial charge in [-0.2, -0.15) is 0 Å². The van der Waals surface area contributed by atoms with E-state index >= 15 is 0 Å². The standard InChI is InChI=1S/C21H20BrCl2N3O5/c1-12-9-14(22)16(24)10-17(12)25-19(29)11-32-20(30)8-4-7-18(28)26-27-21(31)13-5-2-3-6-15(13)23/h2-3,5-6,9-10H,4,7-8,11H2,1H3,(H,25,29)(H,26,28)(H,27,31). The van der Waals surface area contributed by atoms with E-state index in [1.165, 1.54) is 6.07 Å². The van der Waals surface area contributed by atoms with Gasteiger partial charge in [-0.25, -0.2) is 0 Å². The zero-order valence-corrected chi connectivity index (χ0v) is 20.1. The predicted molar refractivity (Wildman–Crippen MR) is 124 cm³/mol. The first kappa shape index (κ1) is 25.6. The van der Waals surface area contributed by atoms with Crippen molar-refractivity contribution < 1.29 is 23.9 Å². The molecule has 0 saturated carbocycles. The number of aryl methyl sites for hydroxylation is 1. The monoisotopic (exact) mass is 543 g/mol. The number of nitrogens with one attached hydrogen (secondary N) is 3. The van der Waals surface area contributed by atoms with Crippen LogP contribution in [0.5, 0.6) is 0 Å². The fourth-order valence-electron chi connectivity index (χ4n) is 2.48. The number of esters is 1. The molecule has 0 aliphatic heterocycles. The Balaban J connectivity index is 1.65. The van der Waals surface area contributed by atoms with Crippen molar-refractivity contribution in [1.29, 1.82) is 0 Å². The lowest BCUT2D eigenvalue weighted by atomic mass is 10.2. The zero-order valence-electron chi connectivity index (χ0n) is 17.0. The summed E-state index contributed by atoms with van der Waals surface area (Å²) in [5, 5.41) is 3.31. The quantitative estimate of drug-likeness (QED) is 0.341. The van der Waals surface area contributed by atoms with Crippen LogP contribution in [0.2, 0.25) is 10.0 Å². The zero-order chi connectivity index (χ0) is 23.7. The molecule has 0 bridgehead atoms. The highest BCUT2D eigenvalue weighted by Crippen LogP contribution is 2.28. The summed E-state index contributed by atoms with van der Waals surface area (Å²) in [4.78, 5) is 47.5. The summed E-state index contributed by atoms with van der Waals surface area (Å²) in [6.07, 6.45) is 0.0820. The van der Waals surface area contributed by atoms with Crippen LogP contribution in [-0.2, 0) is 19.1 Å².